The third kappa shape index (κ3) is 2.49. The summed E-state index contributed by atoms with van der Waals surface area (Å²) in [7, 11) is 0. The van der Waals surface area contributed by atoms with E-state index in [-0.39, 0.29) is 54.7 Å². The maximum absolute atomic E-state index is 14.6. The number of carbonyl (C=O) groups is 2. The minimum Gasteiger partial charge on any atom is -0.388 e. The van der Waals surface area contributed by atoms with E-state index in [9.17, 15) is 41.8 Å². The van der Waals surface area contributed by atoms with Crippen LogP contribution in [0, 0.1) is 23.3 Å². The van der Waals surface area contributed by atoms with Crippen LogP contribution in [0.2, 0.25) is 0 Å². The van der Waals surface area contributed by atoms with Gasteiger partial charge in [0, 0.05) is 33.7 Å². The Hall–Kier alpha value is -4.07. The summed E-state index contributed by atoms with van der Waals surface area (Å²) in [6.45, 7) is -1.18. The van der Waals surface area contributed by atoms with Gasteiger partial charge in [0.05, 0.1) is 39.2 Å². The number of benzene rings is 3. The zero-order valence-corrected chi connectivity index (χ0v) is 19.3. The van der Waals surface area contributed by atoms with E-state index in [0.29, 0.717) is 0 Å². The van der Waals surface area contributed by atoms with Crippen molar-refractivity contribution in [2.45, 2.75) is 30.6 Å². The zero-order chi connectivity index (χ0) is 27.2. The SMILES string of the molecule is O=C1NC(=O)c2c1c1c3cc(F)c(F)cc3n3c1c1c2c2cc(F)c(F)cc2n1[C@H]1C(O)C(O)[C@H]3O[C@@H]1CF. The Kier molecular flexibility index (Phi) is 4.17. The number of ether oxygens (including phenoxy) is 1. The van der Waals surface area contributed by atoms with Crippen molar-refractivity contribution in [2.75, 3.05) is 6.67 Å². The quantitative estimate of drug-likeness (QED) is 0.222. The molecule has 0 radical (unpaired) electrons. The molecule has 198 valence electrons. The van der Waals surface area contributed by atoms with E-state index in [1.807, 2.05) is 0 Å². The molecule has 8 nitrogen and oxygen atoms in total. The Morgan fingerprint density at radius 1 is 0.769 bits per heavy atom. The van der Waals surface area contributed by atoms with Gasteiger partial charge in [-0.1, -0.05) is 0 Å². The summed E-state index contributed by atoms with van der Waals surface area (Å²) >= 11 is 0. The predicted molar refractivity (Wildman–Crippen MR) is 125 cm³/mol. The van der Waals surface area contributed by atoms with E-state index in [4.69, 9.17) is 4.74 Å². The molecule has 1 fully saturated rings. The number of alkyl halides is 1. The molecule has 2 amide bonds. The van der Waals surface area contributed by atoms with E-state index in [1.54, 1.807) is 0 Å². The van der Waals surface area contributed by atoms with Crippen molar-refractivity contribution in [1.29, 1.82) is 0 Å². The first-order chi connectivity index (χ1) is 18.6. The lowest BCUT2D eigenvalue weighted by Crippen LogP contribution is -2.54. The van der Waals surface area contributed by atoms with Crippen LogP contribution in [0.4, 0.5) is 22.0 Å². The summed E-state index contributed by atoms with van der Waals surface area (Å²) < 4.78 is 81.2. The number of halogens is 5. The van der Waals surface area contributed by atoms with Gasteiger partial charge < -0.3 is 24.1 Å². The minimum absolute atomic E-state index is 0.00520. The Bertz CT molecular complexity index is 2010. The first-order valence-corrected chi connectivity index (χ1v) is 11.9. The zero-order valence-electron chi connectivity index (χ0n) is 19.3. The average Bonchev–Trinajstić information content (AvgIpc) is 3.47. The van der Waals surface area contributed by atoms with Gasteiger partial charge in [-0.3, -0.25) is 14.9 Å². The van der Waals surface area contributed by atoms with Gasteiger partial charge in [-0.15, -0.1) is 0 Å². The minimum atomic E-state index is -1.75. The fourth-order valence-corrected chi connectivity index (χ4v) is 6.68. The Balaban J connectivity index is 1.78. The third-order valence-electron chi connectivity index (χ3n) is 8.14. The standard InChI is InChI=1S/C26H14F5N3O5/c27-5-14-19-22(35)23(36)26(39-14)34-13-4-11(31)9(29)2-7(13)16-18-17(24(37)32-25(18)38)15-6-1-8(28)10(30)3-12(6)33(19)20(15)21(16)34/h1-4,14,19,22-23,26,35-36H,5H2,(H,32,37,38)/t14-,19-,22?,23?,26-/m1/s1. The number of imide groups is 1. The number of nitrogens with zero attached hydrogens (tertiary/aromatic N) is 2. The van der Waals surface area contributed by atoms with Crippen molar-refractivity contribution in [2.24, 2.45) is 0 Å². The summed E-state index contributed by atoms with van der Waals surface area (Å²) in [5.41, 5.74) is -0.510. The molecule has 5 atom stereocenters. The Morgan fingerprint density at radius 3 is 1.79 bits per heavy atom. The first-order valence-electron chi connectivity index (χ1n) is 11.9. The second-order valence-corrected chi connectivity index (χ2v) is 9.98. The van der Waals surface area contributed by atoms with Crippen LogP contribution in [0.25, 0.3) is 43.6 Å². The van der Waals surface area contributed by atoms with Gasteiger partial charge in [-0.05, 0) is 12.1 Å². The molecule has 4 aliphatic heterocycles. The van der Waals surface area contributed by atoms with E-state index < -0.39 is 72.3 Å². The Morgan fingerprint density at radius 2 is 1.26 bits per heavy atom. The molecule has 1 saturated heterocycles. The van der Waals surface area contributed by atoms with Crippen LogP contribution >= 0.6 is 0 Å². The van der Waals surface area contributed by atoms with Crippen LogP contribution in [-0.4, -0.2) is 56.1 Å². The highest BCUT2D eigenvalue weighted by molar-refractivity contribution is 6.39. The van der Waals surface area contributed by atoms with Crippen molar-refractivity contribution < 1.29 is 46.5 Å². The fraction of sp³-hybridized carbons (Fsp3) is 0.231. The smallest absolute Gasteiger partial charge is 0.259 e. The van der Waals surface area contributed by atoms with Crippen LogP contribution in [0.1, 0.15) is 33.0 Å². The van der Waals surface area contributed by atoms with Crippen molar-refractivity contribution >= 4 is 55.4 Å². The second-order valence-electron chi connectivity index (χ2n) is 9.98. The van der Waals surface area contributed by atoms with Gasteiger partial charge in [0.1, 0.15) is 25.0 Å². The van der Waals surface area contributed by atoms with E-state index in [2.05, 4.69) is 5.32 Å². The van der Waals surface area contributed by atoms with Crippen molar-refractivity contribution in [3.8, 4) is 0 Å². The second kappa shape index (κ2) is 7.11. The molecular formula is C26H14F5N3O5. The number of aromatic nitrogens is 2. The number of fused-ring (bicyclic) bond motifs is 9. The normalized spacial score (nSPS) is 25.9. The number of rotatable bonds is 1. The predicted octanol–water partition coefficient (Wildman–Crippen LogP) is 3.49. The first kappa shape index (κ1) is 22.9. The lowest BCUT2D eigenvalue weighted by molar-refractivity contribution is -0.221. The monoisotopic (exact) mass is 543 g/mol. The van der Waals surface area contributed by atoms with Gasteiger partial charge in [-0.2, -0.15) is 0 Å². The number of hydrogen-bond donors (Lipinski definition) is 3. The molecule has 2 bridgehead atoms. The maximum atomic E-state index is 14.6. The molecular weight excluding hydrogens is 529 g/mol. The van der Waals surface area contributed by atoms with Crippen molar-refractivity contribution in [3.63, 3.8) is 0 Å². The number of hydrogen-bond acceptors (Lipinski definition) is 5. The van der Waals surface area contributed by atoms with Crippen LogP contribution < -0.4 is 5.32 Å². The molecule has 3 aromatic carbocycles. The van der Waals surface area contributed by atoms with Crippen molar-refractivity contribution in [3.05, 3.63) is 58.7 Å². The van der Waals surface area contributed by atoms with Crippen molar-refractivity contribution in [1.82, 2.24) is 14.5 Å². The van der Waals surface area contributed by atoms with Crippen LogP contribution in [0.15, 0.2) is 24.3 Å². The van der Waals surface area contributed by atoms with Crippen LogP contribution in [0.3, 0.4) is 0 Å². The number of amides is 2. The number of aliphatic hydroxyl groups is 2. The van der Waals surface area contributed by atoms with E-state index >= 15 is 0 Å². The highest BCUT2D eigenvalue weighted by atomic mass is 19.2. The molecule has 0 aliphatic carbocycles. The lowest BCUT2D eigenvalue weighted by atomic mass is 9.93. The molecule has 4 aliphatic rings. The molecule has 0 spiro atoms. The Labute approximate surface area is 212 Å². The van der Waals surface area contributed by atoms with Gasteiger partial charge in [0.15, 0.2) is 29.5 Å². The summed E-state index contributed by atoms with van der Waals surface area (Å²) in [4.78, 5) is 26.3. The van der Waals surface area contributed by atoms with E-state index in [0.717, 1.165) is 24.3 Å². The summed E-state index contributed by atoms with van der Waals surface area (Å²) in [5, 5.41) is 24.5. The average molecular weight is 543 g/mol. The lowest BCUT2D eigenvalue weighted by Gasteiger charge is -2.45. The third-order valence-corrected chi connectivity index (χ3v) is 8.14. The highest BCUT2D eigenvalue weighted by Gasteiger charge is 2.51. The number of carbonyl (C=O) groups excluding carboxylic acids is 2. The molecule has 6 heterocycles. The largest absolute Gasteiger partial charge is 0.388 e. The molecule has 39 heavy (non-hydrogen) atoms. The van der Waals surface area contributed by atoms with Gasteiger partial charge in [0.2, 0.25) is 0 Å². The van der Waals surface area contributed by atoms with Crippen LogP contribution in [-0.2, 0) is 4.74 Å². The molecule has 9 rings (SSSR count). The number of aliphatic hydroxyl groups excluding tert-OH is 2. The molecule has 2 unspecified atom stereocenters. The molecule has 0 saturated carbocycles. The summed E-state index contributed by atoms with van der Waals surface area (Å²) in [6, 6.07) is 1.83. The fourth-order valence-electron chi connectivity index (χ4n) is 6.68. The molecule has 3 N–H and O–H groups in total. The number of nitrogens with one attached hydrogen (secondary N) is 1. The molecule has 5 aromatic rings. The van der Waals surface area contributed by atoms with Crippen LogP contribution in [0.5, 0.6) is 0 Å². The topological polar surface area (TPSA) is 106 Å². The highest BCUT2D eigenvalue weighted by Crippen LogP contribution is 2.52. The van der Waals surface area contributed by atoms with Gasteiger partial charge >= 0.3 is 0 Å². The van der Waals surface area contributed by atoms with Gasteiger partial charge in [-0.25, -0.2) is 22.0 Å². The summed E-state index contributed by atoms with van der Waals surface area (Å²) in [5.74, 6) is -6.85. The summed E-state index contributed by atoms with van der Waals surface area (Å²) in [6.07, 6.45) is -6.45. The van der Waals surface area contributed by atoms with Gasteiger partial charge in [0.25, 0.3) is 11.8 Å². The van der Waals surface area contributed by atoms with E-state index in [1.165, 1.54) is 9.13 Å². The molecule has 13 heteroatoms. The molecule has 2 aromatic heterocycles. The maximum Gasteiger partial charge on any atom is 0.259 e.